The quantitative estimate of drug-likeness (QED) is 0.689. The number of ether oxygens (including phenoxy) is 1. The van der Waals surface area contributed by atoms with Gasteiger partial charge in [-0.15, -0.1) is 0 Å². The van der Waals surface area contributed by atoms with E-state index in [1.54, 1.807) is 0 Å². The van der Waals surface area contributed by atoms with Crippen LogP contribution in [0.3, 0.4) is 0 Å². The Kier molecular flexibility index (Phi) is 3.16. The van der Waals surface area contributed by atoms with E-state index < -0.39 is 0 Å². The molecule has 2 aliphatic heterocycles. The molecule has 0 radical (unpaired) electrons. The van der Waals surface area contributed by atoms with E-state index >= 15 is 0 Å². The van der Waals surface area contributed by atoms with Gasteiger partial charge in [0.1, 0.15) is 11.9 Å². The van der Waals surface area contributed by atoms with Crippen LogP contribution in [0.2, 0.25) is 0 Å². The van der Waals surface area contributed by atoms with Crippen LogP contribution < -0.4 is 5.32 Å². The summed E-state index contributed by atoms with van der Waals surface area (Å²) in [5, 5.41) is 3.41. The van der Waals surface area contributed by atoms with Gasteiger partial charge in [0, 0.05) is 28.4 Å². The average molecular weight is 319 g/mol. The first-order chi connectivity index (χ1) is 11.8. The predicted octanol–water partition coefficient (Wildman–Crippen LogP) is 5.51. The van der Waals surface area contributed by atoms with Crippen LogP contribution in [-0.2, 0) is 4.74 Å². The van der Waals surface area contributed by atoms with Crippen LogP contribution in [0.4, 0.5) is 5.69 Å². The van der Waals surface area contributed by atoms with Crippen molar-refractivity contribution in [3.05, 3.63) is 60.0 Å². The van der Waals surface area contributed by atoms with Crippen molar-refractivity contribution in [2.45, 2.75) is 45.1 Å². The van der Waals surface area contributed by atoms with Crippen LogP contribution >= 0.6 is 0 Å². The second kappa shape index (κ2) is 5.27. The highest BCUT2D eigenvalue weighted by Gasteiger charge is 2.54. The molecular weight excluding hydrogens is 294 g/mol. The Bertz CT molecular complexity index is 759. The molecule has 1 N–H and O–H groups in total. The molecule has 1 aromatic carbocycles. The standard InChI is InChI=1S/C22H25NO/c1-2-21-22(15-7-5-8-16(22)10-6-9-15)13-18-17-11-3-4-12-19(17)23-14-20(18)24-21/h3-5,7,11-16,21,23H,2,6,8-10H2,1H3. The third-order valence-corrected chi connectivity index (χ3v) is 6.64. The fraction of sp³-hybridized carbons (Fsp3) is 0.455. The average Bonchev–Trinajstić information content (AvgIpc) is 2.61. The topological polar surface area (TPSA) is 21.3 Å². The number of para-hydroxylation sites is 1. The van der Waals surface area contributed by atoms with Gasteiger partial charge >= 0.3 is 0 Å². The van der Waals surface area contributed by atoms with Gasteiger partial charge in [0.15, 0.2) is 0 Å². The number of hydrogen-bond acceptors (Lipinski definition) is 2. The third-order valence-electron chi connectivity index (χ3n) is 6.64. The Morgan fingerprint density at radius 3 is 3.04 bits per heavy atom. The number of fused-ring (bicyclic) bond motifs is 3. The molecule has 2 aliphatic carbocycles. The van der Waals surface area contributed by atoms with Crippen molar-refractivity contribution in [2.75, 3.05) is 5.32 Å². The smallest absolute Gasteiger partial charge is 0.143 e. The molecule has 2 heteroatoms. The zero-order valence-electron chi connectivity index (χ0n) is 14.3. The van der Waals surface area contributed by atoms with Crippen molar-refractivity contribution in [1.29, 1.82) is 0 Å². The fourth-order valence-electron chi connectivity index (χ4n) is 5.58. The molecule has 5 rings (SSSR count). The first-order valence-corrected chi connectivity index (χ1v) is 9.45. The molecule has 4 unspecified atom stereocenters. The summed E-state index contributed by atoms with van der Waals surface area (Å²) in [6, 6.07) is 8.60. The van der Waals surface area contributed by atoms with Gasteiger partial charge in [-0.1, -0.05) is 49.8 Å². The second-order valence-electron chi connectivity index (χ2n) is 7.67. The molecule has 0 amide bonds. The summed E-state index contributed by atoms with van der Waals surface area (Å²) in [5.41, 5.74) is 3.97. The van der Waals surface area contributed by atoms with Crippen LogP contribution in [-0.4, -0.2) is 6.10 Å². The summed E-state index contributed by atoms with van der Waals surface area (Å²) >= 11 is 0. The second-order valence-corrected chi connectivity index (χ2v) is 7.67. The minimum absolute atomic E-state index is 0.179. The van der Waals surface area contributed by atoms with Crippen molar-refractivity contribution in [3.63, 3.8) is 0 Å². The van der Waals surface area contributed by atoms with Gasteiger partial charge in [-0.3, -0.25) is 0 Å². The Hall–Kier alpha value is -1.96. The molecule has 4 atom stereocenters. The molecule has 24 heavy (non-hydrogen) atoms. The van der Waals surface area contributed by atoms with Crippen LogP contribution in [0.5, 0.6) is 0 Å². The van der Waals surface area contributed by atoms with Gasteiger partial charge in [0.05, 0.1) is 0 Å². The third kappa shape index (κ3) is 1.83. The number of allylic oxidation sites excluding steroid dienone is 3. The highest BCUT2D eigenvalue weighted by atomic mass is 16.5. The fourth-order valence-corrected chi connectivity index (χ4v) is 5.58. The first-order valence-electron chi connectivity index (χ1n) is 9.45. The first kappa shape index (κ1) is 14.4. The predicted molar refractivity (Wildman–Crippen MR) is 98.3 cm³/mol. The zero-order chi connectivity index (χ0) is 16.1. The van der Waals surface area contributed by atoms with Crippen molar-refractivity contribution >= 4 is 11.3 Å². The molecule has 124 valence electrons. The van der Waals surface area contributed by atoms with Crippen molar-refractivity contribution in [2.24, 2.45) is 17.3 Å². The number of rotatable bonds is 1. The van der Waals surface area contributed by atoms with Crippen molar-refractivity contribution in [1.82, 2.24) is 0 Å². The zero-order valence-corrected chi connectivity index (χ0v) is 14.3. The largest absolute Gasteiger partial charge is 0.487 e. The summed E-state index contributed by atoms with van der Waals surface area (Å²) in [4.78, 5) is 0. The van der Waals surface area contributed by atoms with Crippen molar-refractivity contribution in [3.8, 4) is 0 Å². The SMILES string of the molecule is CCC1OC2=CNc3ccccc3C2=CC12C1C=CCC2CCC1. The Labute approximate surface area is 144 Å². The monoisotopic (exact) mass is 319 g/mol. The van der Waals surface area contributed by atoms with Gasteiger partial charge in [-0.25, -0.2) is 0 Å². The minimum atomic E-state index is 0.179. The molecule has 2 nitrogen and oxygen atoms in total. The van der Waals surface area contributed by atoms with E-state index in [2.05, 4.69) is 60.9 Å². The highest BCUT2D eigenvalue weighted by molar-refractivity contribution is 5.88. The molecule has 1 fully saturated rings. The van der Waals surface area contributed by atoms with Crippen LogP contribution in [0.1, 0.15) is 44.6 Å². The van der Waals surface area contributed by atoms with E-state index in [1.165, 1.54) is 42.5 Å². The summed E-state index contributed by atoms with van der Waals surface area (Å²) < 4.78 is 6.62. The summed E-state index contributed by atoms with van der Waals surface area (Å²) in [5.74, 6) is 2.38. The van der Waals surface area contributed by atoms with Crippen LogP contribution in [0.25, 0.3) is 5.57 Å². The maximum Gasteiger partial charge on any atom is 0.143 e. The van der Waals surface area contributed by atoms with E-state index in [0.717, 1.165) is 18.1 Å². The molecule has 4 aliphatic rings. The van der Waals surface area contributed by atoms with E-state index in [1.807, 2.05) is 0 Å². The lowest BCUT2D eigenvalue weighted by atomic mass is 9.52. The van der Waals surface area contributed by atoms with E-state index in [9.17, 15) is 0 Å². The molecule has 2 heterocycles. The number of nitrogens with one attached hydrogen (secondary N) is 1. The van der Waals surface area contributed by atoms with Gasteiger partial charge < -0.3 is 10.1 Å². The maximum absolute atomic E-state index is 6.62. The summed E-state index contributed by atoms with van der Waals surface area (Å²) in [6.07, 6.45) is 16.2. The van der Waals surface area contributed by atoms with Gasteiger partial charge in [-0.05, 0) is 43.6 Å². The molecular formula is C22H25NO. The molecule has 0 saturated heterocycles. The van der Waals surface area contributed by atoms with Crippen LogP contribution in [0, 0.1) is 17.3 Å². The van der Waals surface area contributed by atoms with Gasteiger partial charge in [0.25, 0.3) is 0 Å². The maximum atomic E-state index is 6.62. The molecule has 1 spiro atoms. The number of anilines is 1. The summed E-state index contributed by atoms with van der Waals surface area (Å²) in [6.45, 7) is 2.28. The Morgan fingerprint density at radius 1 is 1.25 bits per heavy atom. The van der Waals surface area contributed by atoms with E-state index in [0.29, 0.717) is 12.0 Å². The lowest BCUT2D eigenvalue weighted by Crippen LogP contribution is -2.52. The Balaban J connectivity index is 1.72. The Morgan fingerprint density at radius 2 is 2.17 bits per heavy atom. The normalized spacial score (nSPS) is 36.0. The number of benzene rings is 1. The minimum Gasteiger partial charge on any atom is -0.487 e. The summed E-state index contributed by atoms with van der Waals surface area (Å²) in [7, 11) is 0. The lowest BCUT2D eigenvalue weighted by molar-refractivity contribution is -0.0636. The molecule has 1 saturated carbocycles. The lowest BCUT2D eigenvalue weighted by Gasteiger charge is -2.55. The van der Waals surface area contributed by atoms with E-state index in [4.69, 9.17) is 4.74 Å². The van der Waals surface area contributed by atoms with Gasteiger partial charge in [0.2, 0.25) is 0 Å². The van der Waals surface area contributed by atoms with Crippen molar-refractivity contribution < 1.29 is 4.74 Å². The van der Waals surface area contributed by atoms with Crippen LogP contribution in [0.15, 0.2) is 54.5 Å². The van der Waals surface area contributed by atoms with Gasteiger partial charge in [-0.2, -0.15) is 0 Å². The molecule has 2 bridgehead atoms. The highest BCUT2D eigenvalue weighted by Crippen LogP contribution is 2.59. The number of hydrogen-bond donors (Lipinski definition) is 1. The van der Waals surface area contributed by atoms with E-state index in [-0.39, 0.29) is 5.41 Å². The molecule has 0 aromatic heterocycles. The molecule has 1 aromatic rings.